The summed E-state index contributed by atoms with van der Waals surface area (Å²) < 4.78 is 2.53. The van der Waals surface area contributed by atoms with E-state index in [4.69, 9.17) is 0 Å². The van der Waals surface area contributed by atoms with Crippen molar-refractivity contribution < 1.29 is 4.79 Å². The van der Waals surface area contributed by atoms with Crippen molar-refractivity contribution in [2.45, 2.75) is 13.8 Å². The Hall–Kier alpha value is -3.43. The molecule has 3 heteroatoms. The SMILES string of the molecule is C=C/C=C\C1=C(C)c2cccc(Nc3cc4sc5ccccc5c4cc3C)c2C1=O. The second-order valence-corrected chi connectivity index (χ2v) is 8.66. The molecule has 0 saturated heterocycles. The van der Waals surface area contributed by atoms with Crippen molar-refractivity contribution in [3.63, 3.8) is 0 Å². The zero-order valence-corrected chi connectivity index (χ0v) is 17.8. The highest BCUT2D eigenvalue weighted by Crippen LogP contribution is 2.41. The molecular weight excluding hydrogens is 386 g/mol. The lowest BCUT2D eigenvalue weighted by molar-refractivity contribution is 0.104. The van der Waals surface area contributed by atoms with Crippen molar-refractivity contribution >= 4 is 54.2 Å². The van der Waals surface area contributed by atoms with Gasteiger partial charge in [-0.15, -0.1) is 11.3 Å². The molecule has 0 spiro atoms. The second-order valence-electron chi connectivity index (χ2n) is 7.58. The van der Waals surface area contributed by atoms with Crippen molar-refractivity contribution in [2.75, 3.05) is 5.32 Å². The number of rotatable bonds is 4. The van der Waals surface area contributed by atoms with Crippen molar-refractivity contribution in [3.05, 3.63) is 102 Å². The van der Waals surface area contributed by atoms with Crippen molar-refractivity contribution in [3.8, 4) is 0 Å². The first-order chi connectivity index (χ1) is 14.6. The summed E-state index contributed by atoms with van der Waals surface area (Å²) in [7, 11) is 0. The minimum Gasteiger partial charge on any atom is -0.355 e. The number of benzene rings is 3. The lowest BCUT2D eigenvalue weighted by atomic mass is 10.0. The van der Waals surface area contributed by atoms with Gasteiger partial charge in [-0.05, 0) is 54.8 Å². The lowest BCUT2D eigenvalue weighted by Gasteiger charge is -2.14. The molecule has 2 nitrogen and oxygen atoms in total. The Morgan fingerprint density at radius 3 is 2.60 bits per heavy atom. The molecule has 146 valence electrons. The zero-order valence-electron chi connectivity index (χ0n) is 17.0. The minimum atomic E-state index is 0.0595. The maximum absolute atomic E-state index is 13.2. The van der Waals surface area contributed by atoms with Gasteiger partial charge in [0.1, 0.15) is 0 Å². The molecule has 1 aliphatic rings. The summed E-state index contributed by atoms with van der Waals surface area (Å²) in [6.07, 6.45) is 5.36. The zero-order chi connectivity index (χ0) is 20.8. The molecule has 0 aliphatic heterocycles. The molecule has 1 aromatic heterocycles. The molecule has 5 rings (SSSR count). The summed E-state index contributed by atoms with van der Waals surface area (Å²) in [5, 5.41) is 6.12. The van der Waals surface area contributed by atoms with E-state index in [1.54, 1.807) is 17.4 Å². The van der Waals surface area contributed by atoms with Gasteiger partial charge < -0.3 is 5.32 Å². The maximum atomic E-state index is 13.2. The number of hydrogen-bond acceptors (Lipinski definition) is 3. The molecular formula is C27H21NOS. The molecule has 1 aliphatic carbocycles. The van der Waals surface area contributed by atoms with Crippen LogP contribution in [-0.2, 0) is 0 Å². The van der Waals surface area contributed by atoms with E-state index in [0.717, 1.165) is 39.2 Å². The average Bonchev–Trinajstić information content (AvgIpc) is 3.22. The smallest absolute Gasteiger partial charge is 0.196 e. The van der Waals surface area contributed by atoms with Crippen LogP contribution in [0.25, 0.3) is 25.7 Å². The second kappa shape index (κ2) is 7.12. The maximum Gasteiger partial charge on any atom is 0.196 e. The fourth-order valence-corrected chi connectivity index (χ4v) is 5.32. The van der Waals surface area contributed by atoms with E-state index in [0.29, 0.717) is 0 Å². The van der Waals surface area contributed by atoms with Crippen molar-refractivity contribution in [1.29, 1.82) is 0 Å². The Balaban J connectivity index is 1.59. The topological polar surface area (TPSA) is 29.1 Å². The Bertz CT molecular complexity index is 1420. The van der Waals surface area contributed by atoms with Crippen LogP contribution in [0.1, 0.15) is 28.4 Å². The molecule has 3 aromatic carbocycles. The summed E-state index contributed by atoms with van der Waals surface area (Å²) in [5.74, 6) is 0.0595. The largest absolute Gasteiger partial charge is 0.355 e. The Labute approximate surface area is 179 Å². The van der Waals surface area contributed by atoms with Gasteiger partial charge in [-0.1, -0.05) is 55.1 Å². The quantitative estimate of drug-likeness (QED) is 0.349. The first kappa shape index (κ1) is 18.6. The van der Waals surface area contributed by atoms with E-state index in [1.165, 1.54) is 20.2 Å². The number of carbonyl (C=O) groups is 1. The summed E-state index contributed by atoms with van der Waals surface area (Å²) >= 11 is 1.80. The number of allylic oxidation sites excluding steroid dienone is 5. The van der Waals surface area contributed by atoms with Crippen LogP contribution in [0.2, 0.25) is 0 Å². The molecule has 0 radical (unpaired) electrons. The number of Topliss-reactive ketones (excluding diaryl/α,β-unsaturated/α-hetero) is 1. The summed E-state index contributed by atoms with van der Waals surface area (Å²) in [6.45, 7) is 7.83. The third-order valence-corrected chi connectivity index (χ3v) is 6.87. The van der Waals surface area contributed by atoms with E-state index >= 15 is 0 Å². The van der Waals surface area contributed by atoms with Crippen LogP contribution in [0, 0.1) is 6.92 Å². The molecule has 0 atom stereocenters. The van der Waals surface area contributed by atoms with Gasteiger partial charge in [-0.3, -0.25) is 4.79 Å². The van der Waals surface area contributed by atoms with Crippen LogP contribution in [0.5, 0.6) is 0 Å². The van der Waals surface area contributed by atoms with Gasteiger partial charge in [-0.2, -0.15) is 0 Å². The van der Waals surface area contributed by atoms with E-state index < -0.39 is 0 Å². The van der Waals surface area contributed by atoms with Crippen molar-refractivity contribution in [1.82, 2.24) is 0 Å². The van der Waals surface area contributed by atoms with Crippen LogP contribution < -0.4 is 5.32 Å². The van der Waals surface area contributed by atoms with Gasteiger partial charge >= 0.3 is 0 Å². The Kier molecular flexibility index (Phi) is 4.41. The van der Waals surface area contributed by atoms with Gasteiger partial charge in [0.2, 0.25) is 0 Å². The predicted octanol–water partition coefficient (Wildman–Crippen LogP) is 7.82. The molecule has 0 amide bonds. The highest BCUT2D eigenvalue weighted by atomic mass is 32.1. The number of ketones is 1. The number of thiophene rings is 1. The van der Waals surface area contributed by atoms with E-state index in [9.17, 15) is 4.79 Å². The first-order valence-electron chi connectivity index (χ1n) is 9.95. The van der Waals surface area contributed by atoms with Crippen LogP contribution in [0.4, 0.5) is 11.4 Å². The third kappa shape index (κ3) is 2.82. The normalized spacial score (nSPS) is 13.6. The van der Waals surface area contributed by atoms with E-state index in [-0.39, 0.29) is 5.78 Å². The number of anilines is 2. The van der Waals surface area contributed by atoms with Crippen LogP contribution in [-0.4, -0.2) is 5.78 Å². The standard InChI is InChI=1S/C27H21NOS/c1-4-5-9-19-17(3)18-11-8-12-22(26(18)27(19)29)28-23-15-25-21(14-16(23)2)20-10-6-7-13-24(20)30-25/h4-15,28H,1H2,2-3H3/b9-5-. The summed E-state index contributed by atoms with van der Waals surface area (Å²) in [6, 6.07) is 19.0. The Morgan fingerprint density at radius 1 is 0.933 bits per heavy atom. The summed E-state index contributed by atoms with van der Waals surface area (Å²) in [4.78, 5) is 13.2. The highest BCUT2D eigenvalue weighted by Gasteiger charge is 2.28. The van der Waals surface area contributed by atoms with Crippen molar-refractivity contribution in [2.24, 2.45) is 0 Å². The van der Waals surface area contributed by atoms with Crippen LogP contribution in [0.15, 0.2) is 85.0 Å². The molecule has 1 N–H and O–H groups in total. The predicted molar refractivity (Wildman–Crippen MR) is 130 cm³/mol. The molecule has 1 heterocycles. The van der Waals surface area contributed by atoms with Crippen LogP contribution >= 0.6 is 11.3 Å². The number of nitrogens with one attached hydrogen (secondary N) is 1. The number of carbonyl (C=O) groups excluding carboxylic acids is 1. The van der Waals surface area contributed by atoms with Gasteiger partial charge in [0, 0.05) is 31.4 Å². The van der Waals surface area contributed by atoms with Crippen LogP contribution in [0.3, 0.4) is 0 Å². The van der Waals surface area contributed by atoms with Gasteiger partial charge in [0.15, 0.2) is 5.78 Å². The van der Waals surface area contributed by atoms with E-state index in [1.807, 2.05) is 37.3 Å². The number of hydrogen-bond donors (Lipinski definition) is 1. The highest BCUT2D eigenvalue weighted by molar-refractivity contribution is 7.25. The van der Waals surface area contributed by atoms with Gasteiger partial charge in [0.05, 0.1) is 11.3 Å². The number of aryl methyl sites for hydroxylation is 1. The monoisotopic (exact) mass is 407 g/mol. The Morgan fingerprint density at radius 2 is 1.77 bits per heavy atom. The molecule has 0 unspecified atom stereocenters. The molecule has 0 saturated carbocycles. The average molecular weight is 408 g/mol. The third-order valence-electron chi connectivity index (χ3n) is 5.74. The van der Waals surface area contributed by atoms with Gasteiger partial charge in [0.25, 0.3) is 0 Å². The minimum absolute atomic E-state index is 0.0595. The summed E-state index contributed by atoms with van der Waals surface area (Å²) in [5.41, 5.74) is 6.52. The molecule has 0 fully saturated rings. The lowest BCUT2D eigenvalue weighted by Crippen LogP contribution is -2.03. The fourth-order valence-electron chi connectivity index (χ4n) is 4.19. The molecule has 4 aromatic rings. The molecule has 30 heavy (non-hydrogen) atoms. The first-order valence-corrected chi connectivity index (χ1v) is 10.8. The molecule has 0 bridgehead atoms. The number of fused-ring (bicyclic) bond motifs is 4. The van der Waals surface area contributed by atoms with Gasteiger partial charge in [-0.25, -0.2) is 0 Å². The van der Waals surface area contributed by atoms with E-state index in [2.05, 4.69) is 55.2 Å². The fraction of sp³-hybridized carbons (Fsp3) is 0.0741.